The fourth-order valence-corrected chi connectivity index (χ4v) is 5.39. The molecule has 0 aliphatic carbocycles. The van der Waals surface area contributed by atoms with Crippen LogP contribution in [-0.4, -0.2) is 79.3 Å². The number of aromatic carboxylic acids is 1. The van der Waals surface area contributed by atoms with Crippen molar-refractivity contribution in [3.05, 3.63) is 108 Å². The minimum atomic E-state index is -1.13. The van der Waals surface area contributed by atoms with Gasteiger partial charge in [0, 0.05) is 14.5 Å². The third kappa shape index (κ3) is 14.4. The molecule has 2 aliphatic heterocycles. The van der Waals surface area contributed by atoms with E-state index in [-0.39, 0.29) is 81.0 Å². The van der Waals surface area contributed by atoms with E-state index < -0.39 is 30.2 Å². The second-order valence-corrected chi connectivity index (χ2v) is 11.8. The Balaban J connectivity index is 0.000000776. The van der Waals surface area contributed by atoms with Crippen LogP contribution in [0.15, 0.2) is 91.0 Å². The van der Waals surface area contributed by atoms with E-state index in [1.54, 1.807) is 18.2 Å². The molecule has 2 saturated heterocycles. The van der Waals surface area contributed by atoms with Crippen molar-refractivity contribution in [2.45, 2.75) is 59.4 Å². The Kier molecular flexibility index (Phi) is 20.3. The Morgan fingerprint density at radius 2 is 0.980 bits per heavy atom. The first-order valence-corrected chi connectivity index (χ1v) is 15.9. The molecule has 3 aromatic carbocycles. The molecule has 4 atom stereocenters. The van der Waals surface area contributed by atoms with Gasteiger partial charge in [-0.1, -0.05) is 112 Å². The SMILES string of the molecule is C.COC(=O)[C@@H]1C[C@@H](C)CN1C(=O)OCc1ccccc1.COC(=O)[C@@H]1C[C@H](C)CN1C(=O)OCc1ccccc1.O=C([O-])c1ccccc1.[2HH].[Na+]. The maximum atomic E-state index is 12.1. The maximum absolute atomic E-state index is 12.1. The van der Waals surface area contributed by atoms with Gasteiger partial charge in [0.2, 0.25) is 0 Å². The predicted octanol–water partition coefficient (Wildman–Crippen LogP) is 2.35. The molecule has 0 aromatic heterocycles. The fourth-order valence-electron chi connectivity index (χ4n) is 5.39. The Morgan fingerprint density at radius 1 is 0.647 bits per heavy atom. The van der Waals surface area contributed by atoms with Gasteiger partial charge in [0.15, 0.2) is 0 Å². The first kappa shape index (κ1) is 44.6. The average molecular weight is 718 g/mol. The third-order valence-corrected chi connectivity index (χ3v) is 7.86. The number of likely N-dealkylation sites (tertiary alicyclic amines) is 2. The molecular formula is C38H49N2NaO10. The number of carboxylic acid groups (broad SMARTS) is 1. The molecule has 0 spiro atoms. The molecule has 2 amide bonds. The van der Waals surface area contributed by atoms with Gasteiger partial charge >= 0.3 is 53.7 Å². The number of hydrogen-bond acceptors (Lipinski definition) is 10. The number of benzene rings is 3. The second-order valence-electron chi connectivity index (χ2n) is 11.8. The summed E-state index contributed by atoms with van der Waals surface area (Å²) in [6.07, 6.45) is 0.308. The number of esters is 2. The number of rotatable bonds is 7. The Hall–Kier alpha value is -4.39. The van der Waals surface area contributed by atoms with Crippen molar-refractivity contribution in [2.24, 2.45) is 11.8 Å². The number of amides is 2. The van der Waals surface area contributed by atoms with Crippen LogP contribution >= 0.6 is 0 Å². The van der Waals surface area contributed by atoms with Crippen molar-refractivity contribution >= 4 is 30.1 Å². The maximum Gasteiger partial charge on any atom is 1.00 e. The summed E-state index contributed by atoms with van der Waals surface area (Å²) in [5.74, 6) is -1.36. The van der Waals surface area contributed by atoms with E-state index in [2.05, 4.69) is 0 Å². The van der Waals surface area contributed by atoms with Gasteiger partial charge in [-0.25, -0.2) is 19.2 Å². The molecule has 272 valence electrons. The molecule has 12 nitrogen and oxygen atoms in total. The molecule has 2 fully saturated rings. The summed E-state index contributed by atoms with van der Waals surface area (Å²) < 4.78 is 20.0. The van der Waals surface area contributed by atoms with Crippen molar-refractivity contribution in [3.8, 4) is 0 Å². The number of carbonyl (C=O) groups is 5. The normalized spacial score (nSPS) is 18.5. The molecule has 3 aromatic rings. The number of nitrogens with zero attached hydrogens (tertiary/aromatic N) is 2. The fraction of sp³-hybridized carbons (Fsp3) is 0.395. The molecule has 51 heavy (non-hydrogen) atoms. The smallest absolute Gasteiger partial charge is 0.545 e. The van der Waals surface area contributed by atoms with Crippen LogP contribution in [0.5, 0.6) is 0 Å². The number of carboxylic acids is 1. The molecule has 5 rings (SSSR count). The number of ether oxygens (including phenoxy) is 4. The largest absolute Gasteiger partial charge is 1.00 e. The second kappa shape index (κ2) is 23.2. The summed E-state index contributed by atoms with van der Waals surface area (Å²) in [5, 5.41) is 10.1. The molecule has 0 radical (unpaired) electrons. The van der Waals surface area contributed by atoms with Gasteiger partial charge in [-0.2, -0.15) is 0 Å². The van der Waals surface area contributed by atoms with Crippen LogP contribution in [0.25, 0.3) is 0 Å². The van der Waals surface area contributed by atoms with Crippen LogP contribution in [0.2, 0.25) is 0 Å². The summed E-state index contributed by atoms with van der Waals surface area (Å²) in [7, 11) is 2.66. The standard InChI is InChI=1S/2C15H19NO4.C7H6O2.CH4.Na.H2/c2*1-11-8-13(14(17)19-2)16(9-11)15(18)20-10-12-6-4-3-5-7-12;8-7(9)6-4-2-1-3-5-6;;;/h2*3-7,11,13H,8-10H2,1-2H3;1-5H,(H,8,9);1H4;;1H/q;;;;+1;/p-1/t11-,13+;11-,13-;;;;/m10..../s1/i;;;;;1+1. The van der Waals surface area contributed by atoms with Crippen LogP contribution in [0, 0.1) is 11.8 Å². The van der Waals surface area contributed by atoms with E-state index in [1.165, 1.54) is 36.2 Å². The topological polar surface area (TPSA) is 152 Å². The number of hydrogen-bond donors (Lipinski definition) is 0. The zero-order valence-corrected chi connectivity index (χ0v) is 31.2. The van der Waals surface area contributed by atoms with Crippen molar-refractivity contribution in [1.82, 2.24) is 9.80 Å². The molecule has 2 aliphatic rings. The first-order chi connectivity index (χ1) is 23.5. The summed E-state index contributed by atoms with van der Waals surface area (Å²) in [5.41, 5.74) is 2.06. The van der Waals surface area contributed by atoms with Crippen LogP contribution in [-0.2, 0) is 41.8 Å². The Morgan fingerprint density at radius 3 is 1.27 bits per heavy atom. The van der Waals surface area contributed by atoms with Crippen LogP contribution in [0.3, 0.4) is 0 Å². The van der Waals surface area contributed by atoms with Gasteiger partial charge in [0.25, 0.3) is 0 Å². The quantitative estimate of drug-likeness (QED) is 0.202. The van der Waals surface area contributed by atoms with Gasteiger partial charge in [-0.3, -0.25) is 9.80 Å². The van der Waals surface area contributed by atoms with E-state index >= 15 is 0 Å². The molecule has 2 heterocycles. The molecule has 13 heteroatoms. The van der Waals surface area contributed by atoms with Gasteiger partial charge < -0.3 is 28.8 Å². The van der Waals surface area contributed by atoms with E-state index in [0.29, 0.717) is 25.9 Å². The van der Waals surface area contributed by atoms with E-state index in [1.807, 2.05) is 74.5 Å². The van der Waals surface area contributed by atoms with Gasteiger partial charge in [-0.05, 0) is 41.4 Å². The monoisotopic (exact) mass is 717 g/mol. The summed E-state index contributed by atoms with van der Waals surface area (Å²) in [6.45, 7) is 5.46. The number of carbonyl (C=O) groups excluding carboxylic acids is 5. The molecule has 0 bridgehead atoms. The van der Waals surface area contributed by atoms with E-state index in [4.69, 9.17) is 18.9 Å². The van der Waals surface area contributed by atoms with Crippen molar-refractivity contribution in [1.29, 1.82) is 0 Å². The Labute approximate surface area is 323 Å². The molecule has 0 saturated carbocycles. The zero-order chi connectivity index (χ0) is 35.8. The first-order valence-electron chi connectivity index (χ1n) is 15.9. The molecule has 0 unspecified atom stereocenters. The minimum absolute atomic E-state index is 0. The average Bonchev–Trinajstić information content (AvgIpc) is 3.73. The van der Waals surface area contributed by atoms with Crippen molar-refractivity contribution in [3.63, 3.8) is 0 Å². The summed E-state index contributed by atoms with van der Waals surface area (Å²) in [6, 6.07) is 25.9. The summed E-state index contributed by atoms with van der Waals surface area (Å²) in [4.78, 5) is 60.5. The minimum Gasteiger partial charge on any atom is -0.545 e. The van der Waals surface area contributed by atoms with Crippen LogP contribution in [0.1, 0.15) is 57.0 Å². The zero-order valence-electron chi connectivity index (χ0n) is 29.2. The third-order valence-electron chi connectivity index (χ3n) is 7.86. The van der Waals surface area contributed by atoms with E-state index in [9.17, 15) is 29.1 Å². The molecule has 0 N–H and O–H groups in total. The summed E-state index contributed by atoms with van der Waals surface area (Å²) >= 11 is 0. The van der Waals surface area contributed by atoms with E-state index in [0.717, 1.165) is 11.1 Å². The van der Waals surface area contributed by atoms with Crippen molar-refractivity contribution < 1.29 is 79.0 Å². The van der Waals surface area contributed by atoms with Crippen LogP contribution < -0.4 is 34.7 Å². The van der Waals surface area contributed by atoms with Gasteiger partial charge in [0.05, 0.1) is 20.2 Å². The Bertz CT molecular complexity index is 1430. The number of methoxy groups -OCH3 is 2. The molecular weight excluding hydrogens is 667 g/mol. The van der Waals surface area contributed by atoms with Crippen molar-refractivity contribution in [2.75, 3.05) is 27.3 Å². The van der Waals surface area contributed by atoms with Crippen LogP contribution in [0.4, 0.5) is 9.59 Å². The predicted molar refractivity (Wildman–Crippen MR) is 185 cm³/mol. The van der Waals surface area contributed by atoms with Gasteiger partial charge in [0.1, 0.15) is 25.3 Å². The van der Waals surface area contributed by atoms with Gasteiger partial charge in [-0.15, -0.1) is 0 Å².